The standard InChI is InChI=1S/C13H24N2O11/c1-15(22)14-4-25-13-11(21)9(19)8(18)6(26-13)3-24-12-10(20)7(17)5(16)2-23-12/h5-13,16-21H,2-4H2,1H3/t5-,6-,7+,8+,9+,10-,11-,12-,13-/m1/s1. The summed E-state index contributed by atoms with van der Waals surface area (Å²) in [5, 5.41) is 72.5. The molecule has 2 fully saturated rings. The Hall–Kier alpha value is -1.00. The van der Waals surface area contributed by atoms with Crippen molar-refractivity contribution in [1.29, 1.82) is 0 Å². The van der Waals surface area contributed by atoms with Gasteiger partial charge < -0.3 is 54.8 Å². The van der Waals surface area contributed by atoms with E-state index in [4.69, 9.17) is 18.9 Å². The lowest BCUT2D eigenvalue weighted by Gasteiger charge is -2.41. The summed E-state index contributed by atoms with van der Waals surface area (Å²) in [6.07, 6.45) is -12.9. The molecule has 0 bridgehead atoms. The van der Waals surface area contributed by atoms with E-state index in [9.17, 15) is 35.8 Å². The van der Waals surface area contributed by atoms with Crippen LogP contribution in [-0.2, 0) is 18.9 Å². The molecule has 0 aliphatic carbocycles. The van der Waals surface area contributed by atoms with Gasteiger partial charge in [-0.3, -0.25) is 0 Å². The molecule has 2 heterocycles. The van der Waals surface area contributed by atoms with E-state index < -0.39 is 68.6 Å². The average Bonchev–Trinajstić information content (AvgIpc) is 2.60. The minimum atomic E-state index is -1.63. The highest BCUT2D eigenvalue weighted by atomic mass is 16.7. The Balaban J connectivity index is 1.91. The second-order valence-electron chi connectivity index (χ2n) is 6.00. The van der Waals surface area contributed by atoms with E-state index in [0.29, 0.717) is 0 Å². The maximum atomic E-state index is 10.7. The molecular formula is C13H24N2O11. The number of rotatable bonds is 6. The molecule has 2 aliphatic heterocycles. The van der Waals surface area contributed by atoms with Crippen LogP contribution in [0.25, 0.3) is 0 Å². The summed E-state index contributed by atoms with van der Waals surface area (Å²) in [5.41, 5.74) is 0. The van der Waals surface area contributed by atoms with Crippen LogP contribution in [0.5, 0.6) is 0 Å². The van der Waals surface area contributed by atoms with E-state index in [1.165, 1.54) is 0 Å². The minimum Gasteiger partial charge on any atom is -0.600 e. The summed E-state index contributed by atoms with van der Waals surface area (Å²) < 4.78 is 20.6. The highest BCUT2D eigenvalue weighted by Crippen LogP contribution is 2.24. The molecule has 0 aromatic carbocycles. The average molecular weight is 384 g/mol. The first kappa shape index (κ1) is 21.3. The molecular weight excluding hydrogens is 360 g/mol. The maximum absolute atomic E-state index is 10.7. The van der Waals surface area contributed by atoms with Crippen LogP contribution in [-0.4, -0.2) is 118 Å². The predicted molar refractivity (Wildman–Crippen MR) is 78.3 cm³/mol. The molecule has 0 radical (unpaired) electrons. The van der Waals surface area contributed by atoms with Crippen molar-refractivity contribution in [2.75, 3.05) is 27.0 Å². The van der Waals surface area contributed by atoms with Crippen LogP contribution in [0.1, 0.15) is 0 Å². The minimum absolute atomic E-state index is 0.239. The van der Waals surface area contributed by atoms with Crippen LogP contribution in [0.4, 0.5) is 0 Å². The number of hydrogen-bond donors (Lipinski definition) is 6. The zero-order valence-corrected chi connectivity index (χ0v) is 13.9. The fourth-order valence-corrected chi connectivity index (χ4v) is 2.50. The lowest BCUT2D eigenvalue weighted by molar-refractivity contribution is -0.505. The fourth-order valence-electron chi connectivity index (χ4n) is 2.50. The lowest BCUT2D eigenvalue weighted by atomic mass is 9.99. The van der Waals surface area contributed by atoms with Crippen LogP contribution < -0.4 is 0 Å². The second kappa shape index (κ2) is 9.27. The fraction of sp³-hybridized carbons (Fsp3) is 1.00. The number of nitrogens with zero attached hydrogens (tertiary/aromatic N) is 2. The molecule has 9 atom stereocenters. The Morgan fingerprint density at radius 3 is 2.27 bits per heavy atom. The van der Waals surface area contributed by atoms with Crippen LogP contribution >= 0.6 is 0 Å². The van der Waals surface area contributed by atoms with Crippen LogP contribution in [0.2, 0.25) is 0 Å². The van der Waals surface area contributed by atoms with E-state index in [1.807, 2.05) is 0 Å². The molecule has 152 valence electrons. The molecule has 13 nitrogen and oxygen atoms in total. The first-order valence-electron chi connectivity index (χ1n) is 7.89. The molecule has 0 aromatic rings. The molecule has 2 saturated heterocycles. The van der Waals surface area contributed by atoms with E-state index in [-0.39, 0.29) is 11.5 Å². The van der Waals surface area contributed by atoms with Crippen molar-refractivity contribution >= 4 is 0 Å². The SMILES string of the molecule is C[N+]([O-])=NCO[C@@H]1O[C@H](CO[C@H]2OC[C@@H](O)[C@H](O)[C@H]2O)[C@H](O)[C@H](O)[C@H]1O. The molecule has 0 aromatic heterocycles. The van der Waals surface area contributed by atoms with Gasteiger partial charge in [-0.2, -0.15) is 0 Å². The van der Waals surface area contributed by atoms with Gasteiger partial charge in [0.1, 0.15) is 42.7 Å². The molecule has 6 N–H and O–H groups in total. The quantitative estimate of drug-likeness (QED) is 0.148. The number of hydroxylamine groups is 1. The largest absolute Gasteiger partial charge is 0.600 e. The normalized spacial score (nSPS) is 44.9. The van der Waals surface area contributed by atoms with Gasteiger partial charge in [-0.15, -0.1) is 0 Å². The van der Waals surface area contributed by atoms with Gasteiger partial charge in [-0.1, -0.05) is 4.86 Å². The molecule has 0 unspecified atom stereocenters. The van der Waals surface area contributed by atoms with E-state index in [2.05, 4.69) is 5.11 Å². The summed E-state index contributed by atoms with van der Waals surface area (Å²) in [6.45, 7) is -1.12. The first-order valence-corrected chi connectivity index (χ1v) is 7.89. The Labute approximate surface area is 148 Å². The third kappa shape index (κ3) is 5.04. The highest BCUT2D eigenvalue weighted by molar-refractivity contribution is 4.90. The Morgan fingerprint density at radius 1 is 0.962 bits per heavy atom. The van der Waals surface area contributed by atoms with Crippen molar-refractivity contribution in [3.05, 3.63) is 5.21 Å². The van der Waals surface area contributed by atoms with Crippen molar-refractivity contribution in [1.82, 2.24) is 0 Å². The van der Waals surface area contributed by atoms with Gasteiger partial charge in [0.2, 0.25) is 6.73 Å². The van der Waals surface area contributed by atoms with E-state index >= 15 is 0 Å². The topological polar surface area (TPSA) is 197 Å². The Kier molecular flexibility index (Phi) is 7.60. The number of aliphatic hydroxyl groups excluding tert-OH is 6. The van der Waals surface area contributed by atoms with Crippen molar-refractivity contribution in [2.45, 2.75) is 55.3 Å². The predicted octanol–water partition coefficient (Wildman–Crippen LogP) is -4.18. The number of hydrogen-bond acceptors (Lipinski definition) is 12. The summed E-state index contributed by atoms with van der Waals surface area (Å²) in [7, 11) is 1.12. The van der Waals surface area contributed by atoms with Gasteiger partial charge in [0.15, 0.2) is 19.6 Å². The zero-order valence-electron chi connectivity index (χ0n) is 13.9. The molecule has 0 saturated carbocycles. The number of ether oxygens (including phenoxy) is 4. The zero-order chi connectivity index (χ0) is 19.4. The monoisotopic (exact) mass is 384 g/mol. The molecule has 26 heavy (non-hydrogen) atoms. The lowest BCUT2D eigenvalue weighted by Crippen LogP contribution is -2.60. The van der Waals surface area contributed by atoms with Gasteiger partial charge in [-0.05, 0) is 5.11 Å². The summed E-state index contributed by atoms with van der Waals surface area (Å²) >= 11 is 0. The van der Waals surface area contributed by atoms with Gasteiger partial charge in [0.25, 0.3) is 0 Å². The van der Waals surface area contributed by atoms with Crippen molar-refractivity contribution in [3.8, 4) is 0 Å². The molecule has 2 aliphatic rings. The maximum Gasteiger partial charge on any atom is 0.203 e. The Morgan fingerprint density at radius 2 is 1.62 bits per heavy atom. The Bertz CT molecular complexity index is 477. The van der Waals surface area contributed by atoms with E-state index in [0.717, 1.165) is 7.05 Å². The molecule has 0 spiro atoms. The summed E-state index contributed by atoms with van der Waals surface area (Å²) in [4.78, 5) is 0.239. The second-order valence-corrected chi connectivity index (χ2v) is 6.00. The summed E-state index contributed by atoms with van der Waals surface area (Å²) in [5.74, 6) is 0. The van der Waals surface area contributed by atoms with Crippen LogP contribution in [0, 0.1) is 5.21 Å². The van der Waals surface area contributed by atoms with Crippen molar-refractivity contribution in [2.24, 2.45) is 5.11 Å². The molecule has 13 heteroatoms. The third-order valence-corrected chi connectivity index (χ3v) is 4.04. The van der Waals surface area contributed by atoms with Crippen molar-refractivity contribution < 1.29 is 54.4 Å². The molecule has 0 amide bonds. The smallest absolute Gasteiger partial charge is 0.203 e. The van der Waals surface area contributed by atoms with Gasteiger partial charge in [0.05, 0.1) is 13.2 Å². The van der Waals surface area contributed by atoms with Crippen molar-refractivity contribution in [3.63, 3.8) is 0 Å². The number of azo groups is 1. The number of aliphatic hydroxyl groups is 6. The van der Waals surface area contributed by atoms with Gasteiger partial charge in [-0.25, -0.2) is 0 Å². The van der Waals surface area contributed by atoms with Gasteiger partial charge in [0, 0.05) is 0 Å². The molecule has 2 rings (SSSR count). The first-order chi connectivity index (χ1) is 12.2. The highest BCUT2D eigenvalue weighted by Gasteiger charge is 2.45. The summed E-state index contributed by atoms with van der Waals surface area (Å²) in [6, 6.07) is 0. The van der Waals surface area contributed by atoms with E-state index in [1.54, 1.807) is 0 Å². The van der Waals surface area contributed by atoms with Gasteiger partial charge >= 0.3 is 0 Å². The van der Waals surface area contributed by atoms with Crippen LogP contribution in [0.3, 0.4) is 0 Å². The third-order valence-electron chi connectivity index (χ3n) is 4.04. The van der Waals surface area contributed by atoms with Crippen LogP contribution in [0.15, 0.2) is 5.11 Å².